The second kappa shape index (κ2) is 76.0. The summed E-state index contributed by atoms with van der Waals surface area (Å²) in [5, 5.41) is 87.8. The average Bonchev–Trinajstić information content (AvgIpc) is 0.789. The van der Waals surface area contributed by atoms with Crippen molar-refractivity contribution >= 4 is 5.91 Å². The summed E-state index contributed by atoms with van der Waals surface area (Å²) in [7, 11) is 0. The lowest BCUT2D eigenvalue weighted by atomic mass is 9.97. The molecule has 108 heavy (non-hydrogen) atoms. The third-order valence-corrected chi connectivity index (χ3v) is 21.1. The van der Waals surface area contributed by atoms with Gasteiger partial charge in [-0.05, 0) is 103 Å². The van der Waals surface area contributed by atoms with Gasteiger partial charge < -0.3 is 65.1 Å². The quantitative estimate of drug-likeness (QED) is 0.0204. The van der Waals surface area contributed by atoms with E-state index < -0.39 is 86.8 Å². The van der Waals surface area contributed by atoms with Gasteiger partial charge in [0.2, 0.25) is 5.91 Å². The molecule has 0 aromatic heterocycles. The zero-order valence-electron chi connectivity index (χ0n) is 68.8. The number of allylic oxidation sites excluding steroid dienone is 19. The van der Waals surface area contributed by atoms with Gasteiger partial charge in [-0.25, -0.2) is 0 Å². The van der Waals surface area contributed by atoms with Crippen molar-refractivity contribution in [2.24, 2.45) is 0 Å². The Labute approximate surface area is 660 Å². The normalized spacial score (nSPS) is 21.7. The number of unbranched alkanes of at least 4 members (excludes halogenated alkanes) is 44. The lowest BCUT2D eigenvalue weighted by Crippen LogP contribution is -2.65. The highest BCUT2D eigenvalue weighted by Gasteiger charge is 2.51. The highest BCUT2D eigenvalue weighted by molar-refractivity contribution is 5.76. The molecule has 0 aliphatic carbocycles. The van der Waals surface area contributed by atoms with Gasteiger partial charge in [0, 0.05) is 6.42 Å². The smallest absolute Gasteiger partial charge is 0.220 e. The molecule has 14 nitrogen and oxygen atoms in total. The fourth-order valence-electron chi connectivity index (χ4n) is 14.1. The zero-order chi connectivity index (χ0) is 77.9. The fourth-order valence-corrected chi connectivity index (χ4v) is 14.1. The molecule has 0 spiro atoms. The maximum absolute atomic E-state index is 13.4. The largest absolute Gasteiger partial charge is 0.394 e. The Kier molecular flexibility index (Phi) is 70.7. The van der Waals surface area contributed by atoms with Gasteiger partial charge in [-0.15, -0.1) is 0 Å². The maximum Gasteiger partial charge on any atom is 0.220 e. The molecule has 2 saturated heterocycles. The minimum Gasteiger partial charge on any atom is -0.394 e. The van der Waals surface area contributed by atoms with E-state index in [-0.39, 0.29) is 18.9 Å². The lowest BCUT2D eigenvalue weighted by molar-refractivity contribution is -0.359. The van der Waals surface area contributed by atoms with Gasteiger partial charge in [0.1, 0.15) is 48.8 Å². The van der Waals surface area contributed by atoms with E-state index in [0.29, 0.717) is 12.8 Å². The summed E-state index contributed by atoms with van der Waals surface area (Å²) in [6, 6.07) is -0.946. The summed E-state index contributed by atoms with van der Waals surface area (Å²) in [5.41, 5.74) is 0. The van der Waals surface area contributed by atoms with Gasteiger partial charge in [-0.2, -0.15) is 0 Å². The van der Waals surface area contributed by atoms with E-state index in [4.69, 9.17) is 18.9 Å². The van der Waals surface area contributed by atoms with E-state index in [0.717, 1.165) is 89.9 Å². The number of amides is 1. The molecule has 0 aromatic carbocycles. The number of hydrogen-bond acceptors (Lipinski definition) is 13. The highest BCUT2D eigenvalue weighted by atomic mass is 16.7. The summed E-state index contributed by atoms with van der Waals surface area (Å²) < 4.78 is 22.9. The number of rotatable bonds is 75. The predicted octanol–water partition coefficient (Wildman–Crippen LogP) is 21.9. The summed E-state index contributed by atoms with van der Waals surface area (Å²) in [6.07, 6.45) is 96.0. The molecule has 0 bridgehead atoms. The molecule has 0 aromatic rings. The molecule has 0 radical (unpaired) electrons. The third kappa shape index (κ3) is 57.4. The van der Waals surface area contributed by atoms with Crippen LogP contribution in [0.15, 0.2) is 122 Å². The number of carbonyl (C=O) groups excluding carboxylic acids is 1. The first-order chi connectivity index (χ1) is 53.1. The third-order valence-electron chi connectivity index (χ3n) is 21.1. The first-order valence-electron chi connectivity index (χ1n) is 44.8. The summed E-state index contributed by atoms with van der Waals surface area (Å²) in [4.78, 5) is 13.4. The van der Waals surface area contributed by atoms with Crippen LogP contribution in [0.25, 0.3) is 0 Å². The van der Waals surface area contributed by atoms with Gasteiger partial charge in [0.25, 0.3) is 0 Å². The van der Waals surface area contributed by atoms with Crippen molar-refractivity contribution in [2.45, 2.75) is 447 Å². The molecule has 14 heteroatoms. The van der Waals surface area contributed by atoms with E-state index in [1.165, 1.54) is 250 Å². The predicted molar refractivity (Wildman–Crippen MR) is 452 cm³/mol. The number of aliphatic hydroxyl groups excluding tert-OH is 8. The molecular weight excluding hydrogens is 1350 g/mol. The van der Waals surface area contributed by atoms with Crippen LogP contribution in [0.5, 0.6) is 0 Å². The second-order valence-corrected chi connectivity index (χ2v) is 31.0. The zero-order valence-corrected chi connectivity index (χ0v) is 68.8. The Morgan fingerprint density at radius 3 is 1.02 bits per heavy atom. The monoisotopic (exact) mass is 1520 g/mol. The summed E-state index contributed by atoms with van der Waals surface area (Å²) >= 11 is 0. The molecule has 12 atom stereocenters. The van der Waals surface area contributed by atoms with Gasteiger partial charge in [-0.1, -0.05) is 386 Å². The van der Waals surface area contributed by atoms with Crippen molar-refractivity contribution in [3.8, 4) is 0 Å². The van der Waals surface area contributed by atoms with E-state index in [2.05, 4.69) is 129 Å². The van der Waals surface area contributed by atoms with Crippen LogP contribution >= 0.6 is 0 Å². The minimum atomic E-state index is -1.80. The molecular formula is C94H165NO13. The van der Waals surface area contributed by atoms with Crippen LogP contribution in [0.1, 0.15) is 373 Å². The molecule has 1 amide bonds. The topological polar surface area (TPSA) is 228 Å². The summed E-state index contributed by atoms with van der Waals surface area (Å²) in [6.45, 7) is 2.71. The molecule has 2 heterocycles. The molecule has 2 fully saturated rings. The number of carbonyl (C=O) groups is 1. The molecule has 9 N–H and O–H groups in total. The van der Waals surface area contributed by atoms with Gasteiger partial charge >= 0.3 is 0 Å². The second-order valence-electron chi connectivity index (χ2n) is 31.0. The first kappa shape index (κ1) is 100. The Balaban J connectivity index is 1.59. The fraction of sp³-hybridized carbons (Fsp3) is 0.777. The number of ether oxygens (including phenoxy) is 4. The van der Waals surface area contributed by atoms with Crippen LogP contribution in [-0.2, 0) is 23.7 Å². The van der Waals surface area contributed by atoms with Crippen LogP contribution in [0.2, 0.25) is 0 Å². The highest BCUT2D eigenvalue weighted by Crippen LogP contribution is 2.30. The van der Waals surface area contributed by atoms with Gasteiger partial charge in [-0.3, -0.25) is 4.79 Å². The van der Waals surface area contributed by atoms with Crippen molar-refractivity contribution in [3.05, 3.63) is 122 Å². The van der Waals surface area contributed by atoms with Crippen molar-refractivity contribution in [1.82, 2.24) is 5.32 Å². The Hall–Kier alpha value is -3.61. The average molecular weight is 1520 g/mol. The number of hydrogen-bond donors (Lipinski definition) is 9. The summed E-state index contributed by atoms with van der Waals surface area (Å²) in [5.74, 6) is -0.251. The molecule has 2 rings (SSSR count). The van der Waals surface area contributed by atoms with Crippen molar-refractivity contribution < 1.29 is 64.6 Å². The van der Waals surface area contributed by atoms with E-state index in [1.807, 2.05) is 6.08 Å². The van der Waals surface area contributed by atoms with E-state index >= 15 is 0 Å². The van der Waals surface area contributed by atoms with Crippen molar-refractivity contribution in [3.63, 3.8) is 0 Å². The van der Waals surface area contributed by atoms with Crippen LogP contribution in [0, 0.1) is 0 Å². The molecule has 624 valence electrons. The van der Waals surface area contributed by atoms with Gasteiger partial charge in [0.15, 0.2) is 12.6 Å². The molecule has 0 saturated carbocycles. The Bertz CT molecular complexity index is 2290. The molecule has 2 aliphatic rings. The minimum absolute atomic E-state index is 0.251. The molecule has 2 aliphatic heterocycles. The molecule has 12 unspecified atom stereocenters. The number of nitrogens with one attached hydrogen (secondary N) is 1. The van der Waals surface area contributed by atoms with Crippen LogP contribution in [-0.4, -0.2) is 140 Å². The van der Waals surface area contributed by atoms with Crippen molar-refractivity contribution in [1.29, 1.82) is 0 Å². The standard InChI is InChI=1S/C94H165NO13/c1-3-5-7-9-11-13-15-17-19-21-23-25-27-29-31-33-35-37-38-39-40-41-42-43-44-46-48-50-52-54-56-58-60-62-64-66-68-70-72-74-76-78-86(99)95-82(81-105-93-91(104)89(102)92(85(80-97)107-93)108-94-90(103)88(101)87(100)84(79-96)106-94)83(98)77-75-73-71-69-67-65-63-61-59-57-55-53-51-49-47-45-36-34-32-30-28-26-24-22-20-18-16-14-12-10-8-6-4-2/h5,7,11,13,17,19,23,25,29,31,35,37,39-40,59,61,67,69,75,77,82-85,87-94,96-98,100-104H,3-4,6,8-10,12,14-16,18,20-22,24,26-28,30,32-34,36,38,41-58,60,62-66,68,70-74,76,78-81H2,1-2H3,(H,95,99)/b7-5-,13-11-,19-17-,25-23-,31-29-,37-35-,40-39-,61-59+,69-67+,77-75+. The van der Waals surface area contributed by atoms with E-state index in [9.17, 15) is 45.6 Å². The van der Waals surface area contributed by atoms with Crippen LogP contribution < -0.4 is 5.32 Å². The SMILES string of the molecule is CC/C=C\C/C=C\C/C=C\C/C=C\C/C=C\C/C=C\C/C=C\CCCCCCCCCCCCCCCCCCCCCC(=O)NC(COC1OC(CO)C(OC2OC(CO)C(O)C(O)C2O)C(O)C1O)C(O)/C=C/CC/C=C/CC/C=C/CCCCCCCCCCCCCCCCCCCCCCCCC. The van der Waals surface area contributed by atoms with Crippen molar-refractivity contribution in [2.75, 3.05) is 19.8 Å². The maximum atomic E-state index is 13.4. The van der Waals surface area contributed by atoms with Crippen LogP contribution in [0.4, 0.5) is 0 Å². The number of aliphatic hydroxyl groups is 8. The van der Waals surface area contributed by atoms with Gasteiger partial charge in [0.05, 0.1) is 32.0 Å². The Morgan fingerprint density at radius 2 is 0.648 bits per heavy atom. The van der Waals surface area contributed by atoms with E-state index in [1.54, 1.807) is 6.08 Å². The Morgan fingerprint density at radius 1 is 0.343 bits per heavy atom. The first-order valence-corrected chi connectivity index (χ1v) is 44.8. The lowest BCUT2D eigenvalue weighted by Gasteiger charge is -2.46. The van der Waals surface area contributed by atoms with Crippen LogP contribution in [0.3, 0.4) is 0 Å².